The number of carbonyl (C=O) groups is 1. The molecule has 0 spiro atoms. The van der Waals surface area contributed by atoms with Gasteiger partial charge in [0.05, 0.1) is 6.54 Å². The fraction of sp³-hybridized carbons (Fsp3) is 0.455. The van der Waals surface area contributed by atoms with Gasteiger partial charge in [0, 0.05) is 30.4 Å². The molecule has 2 heterocycles. The van der Waals surface area contributed by atoms with E-state index in [1.165, 1.54) is 11.1 Å². The Morgan fingerprint density at radius 1 is 1.56 bits per heavy atom. The van der Waals surface area contributed by atoms with Gasteiger partial charge in [-0.25, -0.2) is 8.78 Å². The monoisotopic (exact) mass is 226 g/mol. The van der Waals surface area contributed by atoms with Crippen LogP contribution in [-0.4, -0.2) is 34.8 Å². The molecule has 3 nitrogen and oxygen atoms in total. The molecule has 1 aromatic heterocycles. The number of aryl methyl sites for hydroxylation is 1. The Morgan fingerprint density at radius 2 is 2.31 bits per heavy atom. The summed E-state index contributed by atoms with van der Waals surface area (Å²) in [5.41, 5.74) is 1.13. The minimum absolute atomic E-state index is 0.118. The Hall–Kier alpha value is -1.52. The van der Waals surface area contributed by atoms with E-state index < -0.39 is 12.5 Å². The summed E-state index contributed by atoms with van der Waals surface area (Å²) < 4.78 is 25.9. The molecule has 1 aliphatic rings. The summed E-state index contributed by atoms with van der Waals surface area (Å²) in [7, 11) is 0. The van der Waals surface area contributed by atoms with Gasteiger partial charge in [-0.15, -0.1) is 0 Å². The third kappa shape index (κ3) is 2.18. The number of nitrogens with zero attached hydrogens (tertiary/aromatic N) is 2. The number of hydrogen-bond donors (Lipinski definition) is 0. The number of halogens is 2. The van der Waals surface area contributed by atoms with Crippen LogP contribution in [0, 0.1) is 6.92 Å². The van der Waals surface area contributed by atoms with Crippen LogP contribution in [0.2, 0.25) is 0 Å². The van der Waals surface area contributed by atoms with Gasteiger partial charge in [0.1, 0.15) is 0 Å². The average Bonchev–Trinajstić information content (AvgIpc) is 2.58. The highest BCUT2D eigenvalue weighted by Gasteiger charge is 2.40. The van der Waals surface area contributed by atoms with Crippen molar-refractivity contribution in [2.24, 2.45) is 0 Å². The Morgan fingerprint density at radius 3 is 2.88 bits per heavy atom. The minimum Gasteiger partial charge on any atom is -0.332 e. The Balaban J connectivity index is 2.15. The highest BCUT2D eigenvalue weighted by Crippen LogP contribution is 2.27. The van der Waals surface area contributed by atoms with E-state index in [0.717, 1.165) is 0 Å². The molecule has 0 aliphatic carbocycles. The zero-order valence-electron chi connectivity index (χ0n) is 8.91. The molecule has 0 unspecified atom stereocenters. The first-order valence-corrected chi connectivity index (χ1v) is 5.08. The Labute approximate surface area is 92.1 Å². The van der Waals surface area contributed by atoms with E-state index >= 15 is 0 Å². The quantitative estimate of drug-likeness (QED) is 0.732. The normalized spacial score (nSPS) is 18.8. The highest BCUT2D eigenvalue weighted by atomic mass is 19.3. The van der Waals surface area contributed by atoms with Crippen LogP contribution in [0.1, 0.15) is 22.5 Å². The number of pyridine rings is 1. The van der Waals surface area contributed by atoms with Gasteiger partial charge >= 0.3 is 0 Å². The molecule has 86 valence electrons. The molecule has 5 heteroatoms. The average molecular weight is 226 g/mol. The molecule has 0 radical (unpaired) electrons. The molecule has 0 atom stereocenters. The van der Waals surface area contributed by atoms with E-state index in [2.05, 4.69) is 4.98 Å². The summed E-state index contributed by atoms with van der Waals surface area (Å²) in [5.74, 6) is -3.08. The van der Waals surface area contributed by atoms with Crippen LogP contribution < -0.4 is 0 Å². The lowest BCUT2D eigenvalue weighted by molar-refractivity contribution is 0.0120. The topological polar surface area (TPSA) is 33.2 Å². The molecule has 1 fully saturated rings. The zero-order valence-corrected chi connectivity index (χ0v) is 8.91. The maximum atomic E-state index is 12.9. The van der Waals surface area contributed by atoms with Crippen molar-refractivity contribution in [2.45, 2.75) is 19.3 Å². The van der Waals surface area contributed by atoms with Crippen LogP contribution >= 0.6 is 0 Å². The second kappa shape index (κ2) is 3.81. The number of alkyl halides is 2. The molecule has 0 N–H and O–H groups in total. The Bertz CT molecular complexity index is 420. The van der Waals surface area contributed by atoms with Crippen molar-refractivity contribution in [3.8, 4) is 0 Å². The van der Waals surface area contributed by atoms with Gasteiger partial charge in [-0.05, 0) is 19.1 Å². The summed E-state index contributed by atoms with van der Waals surface area (Å²) in [4.78, 5) is 17.0. The van der Waals surface area contributed by atoms with Gasteiger partial charge < -0.3 is 4.90 Å². The highest BCUT2D eigenvalue weighted by molar-refractivity contribution is 5.94. The fourth-order valence-electron chi connectivity index (χ4n) is 1.77. The fourth-order valence-corrected chi connectivity index (χ4v) is 1.77. The molecule has 16 heavy (non-hydrogen) atoms. The number of likely N-dealkylation sites (tertiary alicyclic amines) is 1. The van der Waals surface area contributed by atoms with E-state index in [-0.39, 0.29) is 18.9 Å². The van der Waals surface area contributed by atoms with Gasteiger partial charge in [-0.1, -0.05) is 0 Å². The van der Waals surface area contributed by atoms with Gasteiger partial charge in [0.2, 0.25) is 0 Å². The van der Waals surface area contributed by atoms with Crippen molar-refractivity contribution in [2.75, 3.05) is 13.1 Å². The molecule has 1 amide bonds. The third-order valence-corrected chi connectivity index (χ3v) is 2.60. The molecule has 2 rings (SSSR count). The van der Waals surface area contributed by atoms with Crippen molar-refractivity contribution < 1.29 is 13.6 Å². The summed E-state index contributed by atoms with van der Waals surface area (Å²) >= 11 is 0. The van der Waals surface area contributed by atoms with E-state index in [1.807, 2.05) is 0 Å². The number of hydrogen-bond acceptors (Lipinski definition) is 2. The first-order chi connectivity index (χ1) is 7.48. The van der Waals surface area contributed by atoms with E-state index in [0.29, 0.717) is 11.3 Å². The van der Waals surface area contributed by atoms with Crippen LogP contribution in [0.4, 0.5) is 8.78 Å². The molecule has 0 aromatic carbocycles. The molecule has 1 saturated heterocycles. The number of carbonyl (C=O) groups excluding carboxylic acids is 1. The van der Waals surface area contributed by atoms with Crippen molar-refractivity contribution in [3.63, 3.8) is 0 Å². The lowest BCUT2D eigenvalue weighted by atomic mass is 10.2. The molecule has 1 aromatic rings. The smallest absolute Gasteiger partial charge is 0.267 e. The van der Waals surface area contributed by atoms with E-state index in [1.54, 1.807) is 19.1 Å². The second-order valence-corrected chi connectivity index (χ2v) is 4.02. The maximum Gasteiger partial charge on any atom is 0.267 e. The van der Waals surface area contributed by atoms with Crippen molar-refractivity contribution >= 4 is 5.91 Å². The predicted octanol–water partition coefficient (Wildman–Crippen LogP) is 1.87. The van der Waals surface area contributed by atoms with E-state index in [9.17, 15) is 13.6 Å². The van der Waals surface area contributed by atoms with Crippen LogP contribution in [0.15, 0.2) is 18.3 Å². The molecular formula is C11H12F2N2O. The summed E-state index contributed by atoms with van der Waals surface area (Å²) in [6, 6.07) is 3.16. The molecule has 1 aliphatic heterocycles. The lowest BCUT2D eigenvalue weighted by Crippen LogP contribution is -2.31. The molecule has 0 saturated carbocycles. The lowest BCUT2D eigenvalue weighted by Gasteiger charge is -2.16. The van der Waals surface area contributed by atoms with Crippen LogP contribution in [0.5, 0.6) is 0 Å². The summed E-state index contributed by atoms with van der Waals surface area (Å²) in [5, 5.41) is 0. The van der Waals surface area contributed by atoms with Crippen molar-refractivity contribution in [1.82, 2.24) is 9.88 Å². The number of aromatic nitrogens is 1. The Kier molecular flexibility index (Phi) is 2.61. The third-order valence-electron chi connectivity index (χ3n) is 2.60. The SMILES string of the molecule is Cc1cc(C(=O)N2CCC(F)(F)C2)ccn1. The van der Waals surface area contributed by atoms with Gasteiger partial charge in [0.25, 0.3) is 11.8 Å². The van der Waals surface area contributed by atoms with Gasteiger partial charge in [-0.2, -0.15) is 0 Å². The van der Waals surface area contributed by atoms with E-state index in [4.69, 9.17) is 0 Å². The van der Waals surface area contributed by atoms with Crippen LogP contribution in [0.3, 0.4) is 0 Å². The summed E-state index contributed by atoms with van der Waals surface area (Å²) in [6.45, 7) is 1.40. The first-order valence-electron chi connectivity index (χ1n) is 5.08. The van der Waals surface area contributed by atoms with Crippen molar-refractivity contribution in [1.29, 1.82) is 0 Å². The predicted molar refractivity (Wildman–Crippen MR) is 54.4 cm³/mol. The van der Waals surface area contributed by atoms with Crippen LogP contribution in [0.25, 0.3) is 0 Å². The number of amides is 1. The second-order valence-electron chi connectivity index (χ2n) is 4.02. The largest absolute Gasteiger partial charge is 0.332 e. The summed E-state index contributed by atoms with van der Waals surface area (Å²) in [6.07, 6.45) is 1.26. The zero-order chi connectivity index (χ0) is 11.8. The minimum atomic E-state index is -2.74. The molecular weight excluding hydrogens is 214 g/mol. The standard InChI is InChI=1S/C11H12F2N2O/c1-8-6-9(2-4-14-8)10(16)15-5-3-11(12,13)7-15/h2,4,6H,3,5,7H2,1H3. The van der Waals surface area contributed by atoms with Gasteiger partial charge in [-0.3, -0.25) is 9.78 Å². The van der Waals surface area contributed by atoms with Crippen molar-refractivity contribution in [3.05, 3.63) is 29.6 Å². The molecule has 0 bridgehead atoms. The maximum absolute atomic E-state index is 12.9. The van der Waals surface area contributed by atoms with Gasteiger partial charge in [0.15, 0.2) is 0 Å². The number of rotatable bonds is 1. The van der Waals surface area contributed by atoms with Crippen LogP contribution in [-0.2, 0) is 0 Å². The first kappa shape index (κ1) is 11.0.